The topological polar surface area (TPSA) is 146 Å². The molecule has 0 atom stereocenters. The monoisotopic (exact) mass is 319 g/mol. The fourth-order valence-electron chi connectivity index (χ4n) is 1.34. The lowest BCUT2D eigenvalue weighted by atomic mass is 10.2. The van der Waals surface area contributed by atoms with Gasteiger partial charge in [0.15, 0.2) is 0 Å². The first-order valence-electron chi connectivity index (χ1n) is 4.31. The highest BCUT2D eigenvalue weighted by Crippen LogP contribution is 2.38. The molecule has 0 aliphatic heterocycles. The van der Waals surface area contributed by atoms with E-state index >= 15 is 0 Å². The van der Waals surface area contributed by atoms with Crippen LogP contribution in [0.25, 0.3) is 0 Å². The third-order valence-electron chi connectivity index (χ3n) is 1.97. The van der Waals surface area contributed by atoms with Crippen molar-refractivity contribution in [2.45, 2.75) is 16.0 Å². The van der Waals surface area contributed by atoms with Crippen LogP contribution in [0, 0.1) is 0 Å². The van der Waals surface area contributed by atoms with Crippen molar-refractivity contribution in [2.24, 2.45) is 10.3 Å². The average molecular weight is 319 g/mol. The molecule has 7 nitrogen and oxygen atoms in total. The van der Waals surface area contributed by atoms with E-state index in [0.29, 0.717) is 6.07 Å². The van der Waals surface area contributed by atoms with Crippen LogP contribution in [-0.4, -0.2) is 16.8 Å². The first-order chi connectivity index (χ1) is 8.24. The smallest absolute Gasteiger partial charge is 0.399 e. The minimum atomic E-state index is -5.17. The standard InChI is InChI=1S/C7H8F3N3O4S2/c8-7(9,10)4-1-3(11)2-5(18(12,14)15)6(4)19(13,16)17/h1-2H,11H2,(H2,12,14,15)(H2,13,16,17). The summed E-state index contributed by atoms with van der Waals surface area (Å²) in [6, 6.07) is 0.749. The van der Waals surface area contributed by atoms with E-state index in [1.165, 1.54) is 0 Å². The molecule has 19 heavy (non-hydrogen) atoms. The van der Waals surface area contributed by atoms with Crippen LogP contribution in [0.4, 0.5) is 18.9 Å². The Balaban J connectivity index is 4.03. The molecule has 1 aromatic carbocycles. The predicted octanol–water partition coefficient (Wildman–Crippen LogP) is -0.418. The lowest BCUT2D eigenvalue weighted by Gasteiger charge is -2.15. The molecule has 1 rings (SSSR count). The van der Waals surface area contributed by atoms with Gasteiger partial charge in [-0.1, -0.05) is 0 Å². The van der Waals surface area contributed by atoms with Gasteiger partial charge in [0, 0.05) is 5.69 Å². The molecular formula is C7H8F3N3O4S2. The first-order valence-corrected chi connectivity index (χ1v) is 7.40. The number of anilines is 1. The van der Waals surface area contributed by atoms with E-state index in [-0.39, 0.29) is 6.07 Å². The zero-order valence-electron chi connectivity index (χ0n) is 8.97. The van der Waals surface area contributed by atoms with Crippen LogP contribution >= 0.6 is 0 Å². The number of nitrogen functional groups attached to an aromatic ring is 1. The summed E-state index contributed by atoms with van der Waals surface area (Å²) in [6.45, 7) is 0. The minimum Gasteiger partial charge on any atom is -0.399 e. The van der Waals surface area contributed by atoms with E-state index in [1.54, 1.807) is 0 Å². The van der Waals surface area contributed by atoms with Crippen molar-refractivity contribution in [3.63, 3.8) is 0 Å². The second-order valence-corrected chi connectivity index (χ2v) is 6.51. The van der Waals surface area contributed by atoms with Gasteiger partial charge in [-0.25, -0.2) is 27.1 Å². The molecule has 0 fully saturated rings. The van der Waals surface area contributed by atoms with Gasteiger partial charge in [0.1, 0.15) is 9.79 Å². The number of halogens is 3. The maximum Gasteiger partial charge on any atom is 0.417 e. The Hall–Kier alpha value is -1.37. The SMILES string of the molecule is Nc1cc(C(F)(F)F)c(S(N)(=O)=O)c(S(N)(=O)=O)c1. The molecule has 1 aromatic rings. The number of alkyl halides is 3. The van der Waals surface area contributed by atoms with Crippen molar-refractivity contribution in [1.82, 2.24) is 0 Å². The number of hydrogen-bond donors (Lipinski definition) is 3. The summed E-state index contributed by atoms with van der Waals surface area (Å²) in [6.07, 6.45) is -5.17. The van der Waals surface area contributed by atoms with E-state index in [4.69, 9.17) is 5.73 Å². The average Bonchev–Trinajstić information content (AvgIpc) is 2.11. The molecule has 0 unspecified atom stereocenters. The van der Waals surface area contributed by atoms with E-state index in [1.807, 2.05) is 0 Å². The Morgan fingerprint density at radius 2 is 1.42 bits per heavy atom. The highest BCUT2D eigenvalue weighted by Gasteiger charge is 2.40. The summed E-state index contributed by atoms with van der Waals surface area (Å²) in [4.78, 5) is -2.93. The fourth-order valence-corrected chi connectivity index (χ4v) is 3.53. The van der Waals surface area contributed by atoms with Crippen molar-refractivity contribution in [2.75, 3.05) is 5.73 Å². The summed E-state index contributed by atoms with van der Waals surface area (Å²) in [7, 11) is -9.74. The Morgan fingerprint density at radius 1 is 0.947 bits per heavy atom. The molecule has 12 heteroatoms. The molecule has 0 amide bonds. The number of benzene rings is 1. The highest BCUT2D eigenvalue weighted by atomic mass is 32.2. The maximum atomic E-state index is 12.7. The Bertz CT molecular complexity index is 725. The van der Waals surface area contributed by atoms with Gasteiger partial charge in [-0.3, -0.25) is 0 Å². The summed E-state index contributed by atoms with van der Waals surface area (Å²) in [5, 5.41) is 9.28. The van der Waals surface area contributed by atoms with Gasteiger partial charge in [0.05, 0.1) is 5.56 Å². The van der Waals surface area contributed by atoms with Crippen molar-refractivity contribution < 1.29 is 30.0 Å². The summed E-state index contributed by atoms with van der Waals surface area (Å²) in [5.41, 5.74) is 2.70. The third-order valence-corrected chi connectivity index (χ3v) is 4.05. The van der Waals surface area contributed by atoms with Crippen molar-refractivity contribution in [1.29, 1.82) is 0 Å². The molecule has 6 N–H and O–H groups in total. The van der Waals surface area contributed by atoms with E-state index in [2.05, 4.69) is 10.3 Å². The first kappa shape index (κ1) is 15.7. The van der Waals surface area contributed by atoms with Crippen LogP contribution in [0.1, 0.15) is 5.56 Å². The van der Waals surface area contributed by atoms with E-state index < -0.39 is 47.3 Å². The zero-order chi connectivity index (χ0) is 15.2. The van der Waals surface area contributed by atoms with Gasteiger partial charge < -0.3 is 5.73 Å². The largest absolute Gasteiger partial charge is 0.417 e. The molecule has 0 radical (unpaired) electrons. The summed E-state index contributed by atoms with van der Waals surface area (Å²) >= 11 is 0. The lowest BCUT2D eigenvalue weighted by Crippen LogP contribution is -2.25. The highest BCUT2D eigenvalue weighted by molar-refractivity contribution is 7.92. The van der Waals surface area contributed by atoms with Crippen LogP contribution in [0.5, 0.6) is 0 Å². The summed E-state index contributed by atoms with van der Waals surface area (Å²) in [5.74, 6) is 0. The summed E-state index contributed by atoms with van der Waals surface area (Å²) < 4.78 is 82.9. The molecule has 108 valence electrons. The van der Waals surface area contributed by atoms with Gasteiger partial charge in [-0.2, -0.15) is 13.2 Å². The number of hydrogen-bond acceptors (Lipinski definition) is 5. The normalized spacial score (nSPS) is 13.5. The number of nitrogens with two attached hydrogens (primary N) is 3. The second-order valence-electron chi connectivity index (χ2n) is 3.48. The van der Waals surface area contributed by atoms with E-state index in [9.17, 15) is 30.0 Å². The lowest BCUT2D eigenvalue weighted by molar-refractivity contribution is -0.140. The van der Waals surface area contributed by atoms with Crippen molar-refractivity contribution in [3.05, 3.63) is 17.7 Å². The third kappa shape index (κ3) is 3.34. The quantitative estimate of drug-likeness (QED) is 0.634. The van der Waals surface area contributed by atoms with Gasteiger partial charge in [0.25, 0.3) is 0 Å². The molecule has 0 aliphatic rings. The van der Waals surface area contributed by atoms with Crippen molar-refractivity contribution in [3.8, 4) is 0 Å². The predicted molar refractivity (Wildman–Crippen MR) is 58.6 cm³/mol. The van der Waals surface area contributed by atoms with Gasteiger partial charge >= 0.3 is 6.18 Å². The van der Waals surface area contributed by atoms with Gasteiger partial charge in [-0.05, 0) is 12.1 Å². The zero-order valence-corrected chi connectivity index (χ0v) is 10.6. The molecular weight excluding hydrogens is 311 g/mol. The van der Waals surface area contributed by atoms with Crippen LogP contribution in [-0.2, 0) is 26.2 Å². The van der Waals surface area contributed by atoms with Crippen LogP contribution in [0.15, 0.2) is 21.9 Å². The number of rotatable bonds is 2. The molecule has 0 aromatic heterocycles. The Morgan fingerprint density at radius 3 is 1.74 bits per heavy atom. The van der Waals surface area contributed by atoms with Crippen LogP contribution in [0.2, 0.25) is 0 Å². The second kappa shape index (κ2) is 4.33. The number of sulfonamides is 2. The molecule has 0 spiro atoms. The molecule has 0 aliphatic carbocycles. The van der Waals surface area contributed by atoms with Crippen molar-refractivity contribution >= 4 is 25.7 Å². The molecule has 0 saturated carbocycles. The molecule has 0 bridgehead atoms. The fraction of sp³-hybridized carbons (Fsp3) is 0.143. The van der Waals surface area contributed by atoms with Gasteiger partial charge in [-0.15, -0.1) is 0 Å². The molecule has 0 heterocycles. The maximum absolute atomic E-state index is 12.7. The van der Waals surface area contributed by atoms with Crippen LogP contribution < -0.4 is 16.0 Å². The van der Waals surface area contributed by atoms with E-state index in [0.717, 1.165) is 0 Å². The Labute approximate surface area is 106 Å². The van der Waals surface area contributed by atoms with Gasteiger partial charge in [0.2, 0.25) is 20.0 Å². The van der Waals surface area contributed by atoms with Crippen LogP contribution in [0.3, 0.4) is 0 Å². The molecule has 0 saturated heterocycles. The minimum absolute atomic E-state index is 0.258. The Kier molecular flexibility index (Phi) is 3.58. The number of primary sulfonamides is 2.